The highest BCUT2D eigenvalue weighted by molar-refractivity contribution is 7.99. The fourth-order valence-corrected chi connectivity index (χ4v) is 4.77. The minimum absolute atomic E-state index is 0.0857. The van der Waals surface area contributed by atoms with Gasteiger partial charge in [-0.1, -0.05) is 47.6 Å². The van der Waals surface area contributed by atoms with Crippen molar-refractivity contribution >= 4 is 23.1 Å². The second-order valence-corrected chi connectivity index (χ2v) is 7.25. The highest BCUT2D eigenvalue weighted by Gasteiger charge is 2.38. The molecule has 1 aliphatic carbocycles. The third-order valence-corrected chi connectivity index (χ3v) is 5.92. The molecule has 1 N–H and O–H groups in total. The number of hydrogen-bond acceptors (Lipinski definition) is 4. The van der Waals surface area contributed by atoms with Crippen molar-refractivity contribution in [2.75, 3.05) is 4.90 Å². The average molecular weight is 338 g/mol. The van der Waals surface area contributed by atoms with Crippen molar-refractivity contribution in [3.05, 3.63) is 59.0 Å². The van der Waals surface area contributed by atoms with E-state index < -0.39 is 6.10 Å². The predicted octanol–water partition coefficient (Wildman–Crippen LogP) is 4.88. The number of nitrogens with zero attached hydrogens (tertiary/aromatic N) is 4. The van der Waals surface area contributed by atoms with E-state index in [0.717, 1.165) is 30.6 Å². The van der Waals surface area contributed by atoms with Crippen LogP contribution in [-0.4, -0.2) is 23.3 Å². The van der Waals surface area contributed by atoms with Crippen molar-refractivity contribution in [3.8, 4) is 0 Å². The van der Waals surface area contributed by atoms with Crippen LogP contribution in [0.25, 0.3) is 10.4 Å². The van der Waals surface area contributed by atoms with Crippen LogP contribution in [0.1, 0.15) is 19.3 Å². The summed E-state index contributed by atoms with van der Waals surface area (Å²) < 4.78 is 0. The molecule has 0 unspecified atom stereocenters. The van der Waals surface area contributed by atoms with Crippen LogP contribution < -0.4 is 4.90 Å². The molecule has 1 aliphatic heterocycles. The normalized spacial score (nSPS) is 25.4. The molecule has 0 radical (unpaired) electrons. The fourth-order valence-electron chi connectivity index (χ4n) is 3.70. The summed E-state index contributed by atoms with van der Waals surface area (Å²) in [5.41, 5.74) is 11.0. The summed E-state index contributed by atoms with van der Waals surface area (Å²) in [4.78, 5) is 7.54. The molecular weight excluding hydrogens is 320 g/mol. The van der Waals surface area contributed by atoms with Gasteiger partial charge in [0.15, 0.2) is 0 Å². The summed E-state index contributed by atoms with van der Waals surface area (Å²) in [6.07, 6.45) is 1.90. The van der Waals surface area contributed by atoms with Gasteiger partial charge in [-0.2, -0.15) is 0 Å². The lowest BCUT2D eigenvalue weighted by molar-refractivity contribution is 0.0876. The van der Waals surface area contributed by atoms with Crippen LogP contribution >= 0.6 is 11.8 Å². The first-order valence-electron chi connectivity index (χ1n) is 8.17. The molecule has 0 bridgehead atoms. The zero-order chi connectivity index (χ0) is 16.5. The Kier molecular flexibility index (Phi) is 4.10. The number of hydrogen-bond donors (Lipinski definition) is 1. The van der Waals surface area contributed by atoms with Crippen molar-refractivity contribution in [1.29, 1.82) is 0 Å². The van der Waals surface area contributed by atoms with Gasteiger partial charge in [0, 0.05) is 14.7 Å². The third kappa shape index (κ3) is 2.53. The zero-order valence-corrected chi connectivity index (χ0v) is 13.9. The number of anilines is 2. The van der Waals surface area contributed by atoms with Gasteiger partial charge in [0.2, 0.25) is 0 Å². The van der Waals surface area contributed by atoms with Crippen molar-refractivity contribution in [1.82, 2.24) is 0 Å². The van der Waals surface area contributed by atoms with Gasteiger partial charge in [-0.15, -0.1) is 0 Å². The Morgan fingerprint density at radius 3 is 2.29 bits per heavy atom. The quantitative estimate of drug-likeness (QED) is 0.482. The van der Waals surface area contributed by atoms with E-state index in [4.69, 9.17) is 5.53 Å². The second-order valence-electron chi connectivity index (χ2n) is 6.17. The van der Waals surface area contributed by atoms with E-state index in [1.807, 2.05) is 24.3 Å². The number of aliphatic hydroxyl groups is 1. The molecule has 4 rings (SSSR count). The Bertz CT molecular complexity index is 760. The van der Waals surface area contributed by atoms with Gasteiger partial charge in [0.1, 0.15) is 0 Å². The first kappa shape index (κ1) is 15.4. The van der Waals surface area contributed by atoms with Crippen LogP contribution in [0.15, 0.2) is 63.4 Å². The largest absolute Gasteiger partial charge is 0.391 e. The zero-order valence-electron chi connectivity index (χ0n) is 13.1. The topological polar surface area (TPSA) is 72.2 Å². The van der Waals surface area contributed by atoms with Gasteiger partial charge in [-0.3, -0.25) is 0 Å². The molecule has 5 nitrogen and oxygen atoms in total. The van der Waals surface area contributed by atoms with E-state index in [2.05, 4.69) is 39.2 Å². The molecule has 2 aliphatic rings. The smallest absolute Gasteiger partial charge is 0.0832 e. The maximum Gasteiger partial charge on any atom is 0.0832 e. The summed E-state index contributed by atoms with van der Waals surface area (Å²) in [5, 5.41) is 14.7. The van der Waals surface area contributed by atoms with E-state index in [1.54, 1.807) is 11.8 Å². The highest BCUT2D eigenvalue weighted by Crippen LogP contribution is 2.50. The third-order valence-electron chi connectivity index (χ3n) is 4.79. The van der Waals surface area contributed by atoms with Crippen LogP contribution in [0.4, 0.5) is 11.4 Å². The van der Waals surface area contributed by atoms with Crippen LogP contribution in [0.3, 0.4) is 0 Å². The number of fused-ring (bicyclic) bond motifs is 2. The summed E-state index contributed by atoms with van der Waals surface area (Å²) >= 11 is 1.76. The van der Waals surface area contributed by atoms with Crippen LogP contribution in [-0.2, 0) is 0 Å². The molecule has 1 heterocycles. The molecule has 122 valence electrons. The molecule has 2 aromatic carbocycles. The SMILES string of the molecule is [N-]=[N+]=N[C@@H]1CCC[C@H](N2c3ccccc3Sc3ccccc32)[C@H]1O. The highest BCUT2D eigenvalue weighted by atomic mass is 32.2. The predicted molar refractivity (Wildman–Crippen MR) is 95.7 cm³/mol. The van der Waals surface area contributed by atoms with Crippen LogP contribution in [0.2, 0.25) is 0 Å². The van der Waals surface area contributed by atoms with E-state index in [1.165, 1.54) is 9.79 Å². The fraction of sp³-hybridized carbons (Fsp3) is 0.333. The number of aliphatic hydroxyl groups excluding tert-OH is 1. The Hall–Kier alpha value is -2.14. The van der Waals surface area contributed by atoms with E-state index in [0.29, 0.717) is 0 Å². The molecule has 24 heavy (non-hydrogen) atoms. The van der Waals surface area contributed by atoms with Crippen LogP contribution in [0.5, 0.6) is 0 Å². The van der Waals surface area contributed by atoms with Gasteiger partial charge in [-0.05, 0) is 42.6 Å². The van der Waals surface area contributed by atoms with Gasteiger partial charge in [0.05, 0.1) is 29.6 Å². The lowest BCUT2D eigenvalue weighted by atomic mass is 9.87. The van der Waals surface area contributed by atoms with Gasteiger partial charge in [-0.25, -0.2) is 0 Å². The maximum atomic E-state index is 10.8. The lowest BCUT2D eigenvalue weighted by Gasteiger charge is -2.44. The van der Waals surface area contributed by atoms with Crippen molar-refractivity contribution in [2.45, 2.75) is 47.2 Å². The minimum atomic E-state index is -0.668. The van der Waals surface area contributed by atoms with Gasteiger partial charge < -0.3 is 10.0 Å². The van der Waals surface area contributed by atoms with E-state index in [-0.39, 0.29) is 12.1 Å². The average Bonchev–Trinajstić information content (AvgIpc) is 2.62. The Labute approximate surface area is 144 Å². The molecule has 6 heteroatoms. The Morgan fingerprint density at radius 1 is 1.04 bits per heavy atom. The van der Waals surface area contributed by atoms with E-state index in [9.17, 15) is 5.11 Å². The molecular formula is C18H18N4OS. The van der Waals surface area contributed by atoms with Crippen molar-refractivity contribution in [3.63, 3.8) is 0 Å². The Balaban J connectivity index is 1.81. The van der Waals surface area contributed by atoms with Crippen molar-refractivity contribution < 1.29 is 5.11 Å². The summed E-state index contributed by atoms with van der Waals surface area (Å²) in [5.74, 6) is 0. The van der Waals surface area contributed by atoms with Gasteiger partial charge in [0.25, 0.3) is 0 Å². The summed E-state index contributed by atoms with van der Waals surface area (Å²) in [6, 6.07) is 16.1. The second kappa shape index (κ2) is 6.40. The summed E-state index contributed by atoms with van der Waals surface area (Å²) in [7, 11) is 0. The van der Waals surface area contributed by atoms with Crippen molar-refractivity contribution in [2.24, 2.45) is 5.11 Å². The molecule has 1 saturated carbocycles. The molecule has 3 atom stereocenters. The molecule has 2 aromatic rings. The standard InChI is InChI=1S/C18H18N4OS/c19-21-20-12-6-5-9-15(18(12)23)22-13-7-1-3-10-16(13)24-17-11-4-2-8-14(17)22/h1-4,7-8,10-12,15,18,23H,5-6,9H2/t12-,15+,18+/m1/s1. The molecule has 0 amide bonds. The number of para-hydroxylation sites is 2. The maximum absolute atomic E-state index is 10.8. The lowest BCUT2D eigenvalue weighted by Crippen LogP contribution is -2.49. The van der Waals surface area contributed by atoms with Crippen LogP contribution in [0, 0.1) is 0 Å². The Morgan fingerprint density at radius 2 is 1.67 bits per heavy atom. The van der Waals surface area contributed by atoms with E-state index >= 15 is 0 Å². The molecule has 0 spiro atoms. The molecule has 0 saturated heterocycles. The number of azide groups is 1. The minimum Gasteiger partial charge on any atom is -0.391 e. The van der Waals surface area contributed by atoms with Gasteiger partial charge >= 0.3 is 0 Å². The summed E-state index contributed by atoms with van der Waals surface area (Å²) in [6.45, 7) is 0. The number of rotatable bonds is 2. The monoisotopic (exact) mass is 338 g/mol. The first-order chi connectivity index (χ1) is 11.8. The number of benzene rings is 2. The molecule has 1 fully saturated rings. The first-order valence-corrected chi connectivity index (χ1v) is 8.98. The molecule has 0 aromatic heterocycles.